The third kappa shape index (κ3) is 2.88. The molecule has 0 bridgehead atoms. The quantitative estimate of drug-likeness (QED) is 0.519. The van der Waals surface area contributed by atoms with E-state index in [1.165, 1.54) is 31.2 Å². The summed E-state index contributed by atoms with van der Waals surface area (Å²) in [6, 6.07) is 5.21. The Morgan fingerprint density at radius 3 is 2.30 bits per heavy atom. The molecule has 1 aromatic rings. The molecule has 0 amide bonds. The van der Waals surface area contributed by atoms with Crippen molar-refractivity contribution in [3.05, 3.63) is 34.4 Å². The number of hydrogen-bond acceptors (Lipinski definition) is 7. The molecule has 2 unspecified atom stereocenters. The maximum atomic E-state index is 10.5. The summed E-state index contributed by atoms with van der Waals surface area (Å²) in [6.07, 6.45) is -5.89. The maximum absolute atomic E-state index is 10.5. The van der Waals surface area contributed by atoms with Gasteiger partial charge in [0.2, 0.25) is 6.29 Å². The van der Waals surface area contributed by atoms with Gasteiger partial charge in [-0.1, -0.05) is 0 Å². The van der Waals surface area contributed by atoms with Crippen molar-refractivity contribution >= 4 is 5.69 Å². The molecule has 1 saturated heterocycles. The molecule has 0 radical (unpaired) electrons. The lowest BCUT2D eigenvalue weighted by atomic mass is 10.00. The molecule has 1 fully saturated rings. The van der Waals surface area contributed by atoms with Crippen molar-refractivity contribution in [3.8, 4) is 5.75 Å². The van der Waals surface area contributed by atoms with Crippen molar-refractivity contribution in [2.75, 3.05) is 0 Å². The molecule has 5 atom stereocenters. The van der Waals surface area contributed by atoms with Crippen molar-refractivity contribution in [2.24, 2.45) is 0 Å². The first-order valence-electron chi connectivity index (χ1n) is 6.01. The van der Waals surface area contributed by atoms with Gasteiger partial charge >= 0.3 is 0 Å². The second-order valence-corrected chi connectivity index (χ2v) is 4.55. The summed E-state index contributed by atoms with van der Waals surface area (Å²) in [5, 5.41) is 39.4. The SMILES string of the molecule is CC1O[C@@H](Oc2ccc([N+](=O)[O-])cc2)C(O)[C@@H](O)[C@H]1O. The highest BCUT2D eigenvalue weighted by molar-refractivity contribution is 5.36. The van der Waals surface area contributed by atoms with Gasteiger partial charge in [-0.05, 0) is 19.1 Å². The number of aliphatic hydroxyl groups is 3. The van der Waals surface area contributed by atoms with Crippen LogP contribution in [0.1, 0.15) is 6.92 Å². The lowest BCUT2D eigenvalue weighted by Crippen LogP contribution is -2.58. The van der Waals surface area contributed by atoms with E-state index in [-0.39, 0.29) is 11.4 Å². The zero-order chi connectivity index (χ0) is 14.9. The highest BCUT2D eigenvalue weighted by Crippen LogP contribution is 2.25. The van der Waals surface area contributed by atoms with Gasteiger partial charge in [-0.25, -0.2) is 0 Å². The molecule has 8 heteroatoms. The van der Waals surface area contributed by atoms with Crippen LogP contribution in [0.5, 0.6) is 5.75 Å². The van der Waals surface area contributed by atoms with Gasteiger partial charge in [0.05, 0.1) is 11.0 Å². The fourth-order valence-corrected chi connectivity index (χ4v) is 1.89. The van der Waals surface area contributed by atoms with Crippen molar-refractivity contribution in [3.63, 3.8) is 0 Å². The van der Waals surface area contributed by atoms with Crippen molar-refractivity contribution < 1.29 is 29.7 Å². The Labute approximate surface area is 114 Å². The molecule has 0 saturated carbocycles. The molecule has 1 heterocycles. The van der Waals surface area contributed by atoms with Crippen LogP contribution in [0.15, 0.2) is 24.3 Å². The van der Waals surface area contributed by atoms with E-state index in [4.69, 9.17) is 9.47 Å². The van der Waals surface area contributed by atoms with E-state index in [0.29, 0.717) is 0 Å². The second kappa shape index (κ2) is 5.71. The molecule has 0 aliphatic carbocycles. The minimum absolute atomic E-state index is 0.0914. The van der Waals surface area contributed by atoms with Gasteiger partial charge in [0, 0.05) is 12.1 Å². The Bertz CT molecular complexity index is 477. The number of hydrogen-bond donors (Lipinski definition) is 3. The van der Waals surface area contributed by atoms with Crippen molar-refractivity contribution in [1.29, 1.82) is 0 Å². The third-order valence-electron chi connectivity index (χ3n) is 3.11. The number of benzene rings is 1. The van der Waals surface area contributed by atoms with Gasteiger partial charge in [0.15, 0.2) is 0 Å². The molecule has 8 nitrogen and oxygen atoms in total. The Hall–Kier alpha value is -1.74. The van der Waals surface area contributed by atoms with Crippen LogP contribution in [-0.2, 0) is 4.74 Å². The van der Waals surface area contributed by atoms with Crippen LogP contribution in [0.25, 0.3) is 0 Å². The van der Waals surface area contributed by atoms with E-state index in [1.807, 2.05) is 0 Å². The Kier molecular flexibility index (Phi) is 4.19. The first-order valence-corrected chi connectivity index (χ1v) is 6.01. The third-order valence-corrected chi connectivity index (χ3v) is 3.11. The Morgan fingerprint density at radius 1 is 1.15 bits per heavy atom. The van der Waals surface area contributed by atoms with Gasteiger partial charge in [-0.2, -0.15) is 0 Å². The minimum atomic E-state index is -1.42. The number of nitrogens with zero attached hydrogens (tertiary/aromatic N) is 1. The van der Waals surface area contributed by atoms with Gasteiger partial charge in [-0.15, -0.1) is 0 Å². The van der Waals surface area contributed by atoms with E-state index in [9.17, 15) is 25.4 Å². The van der Waals surface area contributed by atoms with Crippen molar-refractivity contribution in [2.45, 2.75) is 37.6 Å². The summed E-state index contributed by atoms with van der Waals surface area (Å²) in [5.41, 5.74) is -0.0914. The van der Waals surface area contributed by atoms with Crippen molar-refractivity contribution in [1.82, 2.24) is 0 Å². The summed E-state index contributed by atoms with van der Waals surface area (Å²) in [7, 11) is 0. The largest absolute Gasteiger partial charge is 0.462 e. The zero-order valence-corrected chi connectivity index (χ0v) is 10.6. The molecule has 0 spiro atoms. The molecule has 110 valence electrons. The number of ether oxygens (including phenoxy) is 2. The first-order chi connectivity index (χ1) is 9.40. The average molecular weight is 285 g/mol. The van der Waals surface area contributed by atoms with E-state index >= 15 is 0 Å². The molecule has 1 aromatic carbocycles. The molecule has 2 rings (SSSR count). The Balaban J connectivity index is 2.07. The number of aliphatic hydroxyl groups excluding tert-OH is 3. The predicted octanol–water partition coefficient (Wildman–Crippen LogP) is -0.199. The summed E-state index contributed by atoms with van der Waals surface area (Å²) in [6.45, 7) is 1.53. The van der Waals surface area contributed by atoms with E-state index < -0.39 is 35.6 Å². The molecule has 0 aromatic heterocycles. The van der Waals surface area contributed by atoms with E-state index in [2.05, 4.69) is 0 Å². The van der Waals surface area contributed by atoms with Crippen LogP contribution < -0.4 is 4.74 Å². The van der Waals surface area contributed by atoms with E-state index in [0.717, 1.165) is 0 Å². The number of nitro benzene ring substituents is 1. The highest BCUT2D eigenvalue weighted by atomic mass is 16.7. The van der Waals surface area contributed by atoms with Gasteiger partial charge < -0.3 is 24.8 Å². The first kappa shape index (κ1) is 14.7. The summed E-state index contributed by atoms with van der Waals surface area (Å²) in [4.78, 5) is 9.97. The fraction of sp³-hybridized carbons (Fsp3) is 0.500. The number of rotatable bonds is 3. The van der Waals surface area contributed by atoms with E-state index in [1.54, 1.807) is 0 Å². The van der Waals surface area contributed by atoms with Gasteiger partial charge in [0.25, 0.3) is 5.69 Å². The summed E-state index contributed by atoms with van der Waals surface area (Å²) in [5.74, 6) is 0.246. The highest BCUT2D eigenvalue weighted by Gasteiger charge is 2.43. The van der Waals surface area contributed by atoms with Crippen LogP contribution in [0.2, 0.25) is 0 Å². The average Bonchev–Trinajstić information content (AvgIpc) is 2.43. The summed E-state index contributed by atoms with van der Waals surface area (Å²) >= 11 is 0. The maximum Gasteiger partial charge on any atom is 0.269 e. The zero-order valence-electron chi connectivity index (χ0n) is 10.6. The molecule has 3 N–H and O–H groups in total. The predicted molar refractivity (Wildman–Crippen MR) is 66.1 cm³/mol. The second-order valence-electron chi connectivity index (χ2n) is 4.55. The molecule has 20 heavy (non-hydrogen) atoms. The fourth-order valence-electron chi connectivity index (χ4n) is 1.89. The minimum Gasteiger partial charge on any atom is -0.462 e. The van der Waals surface area contributed by atoms with Crippen LogP contribution in [0, 0.1) is 10.1 Å². The topological polar surface area (TPSA) is 122 Å². The number of non-ortho nitro benzene ring substituents is 1. The molecule has 1 aliphatic heterocycles. The summed E-state index contributed by atoms with van der Waals surface area (Å²) < 4.78 is 10.6. The molecular weight excluding hydrogens is 270 g/mol. The lowest BCUT2D eigenvalue weighted by molar-refractivity contribution is -0.384. The lowest BCUT2D eigenvalue weighted by Gasteiger charge is -2.38. The van der Waals surface area contributed by atoms with Crippen LogP contribution >= 0.6 is 0 Å². The monoisotopic (exact) mass is 285 g/mol. The van der Waals surface area contributed by atoms with Gasteiger partial charge in [0.1, 0.15) is 24.1 Å². The number of nitro groups is 1. The smallest absolute Gasteiger partial charge is 0.269 e. The van der Waals surface area contributed by atoms with Crippen LogP contribution in [0.4, 0.5) is 5.69 Å². The molecular formula is C12H15NO7. The van der Waals surface area contributed by atoms with Gasteiger partial charge in [-0.3, -0.25) is 10.1 Å². The Morgan fingerprint density at radius 2 is 1.75 bits per heavy atom. The van der Waals surface area contributed by atoms with Crippen LogP contribution in [0.3, 0.4) is 0 Å². The normalized spacial score (nSPS) is 33.7. The van der Waals surface area contributed by atoms with Crippen LogP contribution in [-0.4, -0.2) is 50.9 Å². The molecule has 1 aliphatic rings. The standard InChI is InChI=1S/C12H15NO7/c1-6-9(14)10(15)11(16)12(19-6)20-8-4-2-7(3-5-8)13(17)18/h2-6,9-12,14-16H,1H3/t6?,9-,10-,11?,12-/m0/s1.